The van der Waals surface area contributed by atoms with Crippen LogP contribution in [0.25, 0.3) is 0 Å². The maximum absolute atomic E-state index is 15.3. The SMILES string of the molecule is CC[C@H](C)[C@@H]([C@H](CO)CC(=O)N1CCCC1[C@H](OC)[C@@H](C)C(=O)NCCN1C(=O)[C@]23CCC(C)(C)C1C2C1CCC2[C@@]4(C)CC[C@H](OP(=O)(O)O)C(C)(C)C4CC[C@@]2(C)[C@]1(C)CC3)N(C)C(=O)[C@@H](NC(=O)[C@H](C(C)C)N(C)C)C(C)C. The summed E-state index contributed by atoms with van der Waals surface area (Å²) in [6.45, 7) is 31.2. The van der Waals surface area contributed by atoms with Crippen molar-refractivity contribution in [2.24, 2.45) is 85.8 Å². The molecule has 6 unspecified atom stereocenters. The number of rotatable bonds is 22. The van der Waals surface area contributed by atoms with Crippen molar-refractivity contribution in [3.05, 3.63) is 0 Å². The Morgan fingerprint density at radius 2 is 1.47 bits per heavy atom. The third kappa shape index (κ3) is 11.6. The van der Waals surface area contributed by atoms with Crippen LogP contribution in [-0.2, 0) is 37.8 Å². The highest BCUT2D eigenvalue weighted by Crippen LogP contribution is 2.78. The smallest absolute Gasteiger partial charge is 0.396 e. The van der Waals surface area contributed by atoms with Crippen LogP contribution in [0.4, 0.5) is 0 Å². The lowest BCUT2D eigenvalue weighted by atomic mass is 9.31. The van der Waals surface area contributed by atoms with Gasteiger partial charge in [-0.05, 0) is 160 Å². The van der Waals surface area contributed by atoms with Gasteiger partial charge in [0.2, 0.25) is 29.5 Å². The van der Waals surface area contributed by atoms with Crippen molar-refractivity contribution in [2.75, 3.05) is 54.5 Å². The minimum atomic E-state index is -4.65. The second kappa shape index (κ2) is 24.2. The predicted molar refractivity (Wildman–Crippen MR) is 315 cm³/mol. The largest absolute Gasteiger partial charge is 0.469 e. The Balaban J connectivity index is 1.02. The lowest BCUT2D eigenvalue weighted by molar-refractivity contribution is -0.249. The van der Waals surface area contributed by atoms with Gasteiger partial charge in [0.1, 0.15) is 6.04 Å². The average Bonchev–Trinajstić information content (AvgIpc) is 2.41. The number of methoxy groups -OCH3 is 1. The summed E-state index contributed by atoms with van der Waals surface area (Å²) in [5, 5.41) is 17.3. The van der Waals surface area contributed by atoms with Gasteiger partial charge in [-0.1, -0.05) is 103 Å². The molecule has 0 aromatic heterocycles. The fraction of sp³-hybridized carbons (Fsp3) is 0.921. The summed E-state index contributed by atoms with van der Waals surface area (Å²) in [4.78, 5) is 99.7. The van der Waals surface area contributed by atoms with E-state index in [1.54, 1.807) is 19.1 Å². The first-order chi connectivity index (χ1) is 37.6. The maximum Gasteiger partial charge on any atom is 0.469 e. The van der Waals surface area contributed by atoms with E-state index in [2.05, 4.69) is 64.0 Å². The summed E-state index contributed by atoms with van der Waals surface area (Å²) >= 11 is 0. The lowest BCUT2D eigenvalue weighted by Crippen LogP contribution is -2.68. The number of ether oxygens (including phenoxy) is 1. The third-order valence-electron chi connectivity index (χ3n) is 24.4. The average molecular weight is 1160 g/mol. The highest BCUT2D eigenvalue weighted by atomic mass is 31.2. The van der Waals surface area contributed by atoms with Crippen LogP contribution in [0.15, 0.2) is 0 Å². The molecule has 0 radical (unpaired) electrons. The Hall–Kier alpha value is -2.66. The molecule has 81 heavy (non-hydrogen) atoms. The zero-order valence-corrected chi connectivity index (χ0v) is 54.2. The van der Waals surface area contributed by atoms with Gasteiger partial charge < -0.3 is 45.0 Å². The van der Waals surface area contributed by atoms with E-state index < -0.39 is 60.8 Å². The summed E-state index contributed by atoms with van der Waals surface area (Å²) < 4.78 is 23.8. The van der Waals surface area contributed by atoms with Gasteiger partial charge in [-0.3, -0.25) is 33.4 Å². The molecule has 2 saturated heterocycles. The Morgan fingerprint density at radius 3 is 2.05 bits per heavy atom. The molecule has 18 heteroatoms. The van der Waals surface area contributed by atoms with Crippen molar-refractivity contribution in [3.8, 4) is 0 Å². The first-order valence-electron chi connectivity index (χ1n) is 31.6. The van der Waals surface area contributed by atoms with Crippen molar-refractivity contribution in [2.45, 2.75) is 229 Å². The summed E-state index contributed by atoms with van der Waals surface area (Å²) in [7, 11) is 2.37. The molecule has 5 amide bonds. The molecule has 7 aliphatic rings. The van der Waals surface area contributed by atoms with E-state index in [0.717, 1.165) is 64.2 Å². The van der Waals surface area contributed by atoms with E-state index in [4.69, 9.17) is 9.26 Å². The quantitative estimate of drug-likeness (QED) is 0.0645. The highest BCUT2D eigenvalue weighted by molar-refractivity contribution is 7.46. The van der Waals surface area contributed by atoms with Crippen molar-refractivity contribution >= 4 is 37.4 Å². The van der Waals surface area contributed by atoms with Crippen LogP contribution >= 0.6 is 7.82 Å². The molecule has 464 valence electrons. The minimum Gasteiger partial charge on any atom is -0.396 e. The Bertz CT molecular complexity index is 2340. The number of nitrogens with one attached hydrogen (secondary N) is 2. The second-order valence-electron chi connectivity index (χ2n) is 30.2. The van der Waals surface area contributed by atoms with Crippen LogP contribution in [-0.4, -0.2) is 161 Å². The maximum atomic E-state index is 15.3. The molecule has 7 fully saturated rings. The zero-order chi connectivity index (χ0) is 60.5. The number of amides is 5. The predicted octanol–water partition coefficient (Wildman–Crippen LogP) is 8.52. The van der Waals surface area contributed by atoms with Crippen LogP contribution in [0.3, 0.4) is 0 Å². The monoisotopic (exact) mass is 1160 g/mol. The first kappa shape index (κ1) is 65.9. The van der Waals surface area contributed by atoms with Crippen molar-refractivity contribution in [3.63, 3.8) is 0 Å². The first-order valence-corrected chi connectivity index (χ1v) is 33.1. The van der Waals surface area contributed by atoms with Gasteiger partial charge in [0, 0.05) is 64.8 Å². The molecule has 5 N–H and O–H groups in total. The Labute approximate surface area is 487 Å². The fourth-order valence-corrected chi connectivity index (χ4v) is 20.7. The molecule has 5 aliphatic carbocycles. The second-order valence-corrected chi connectivity index (χ2v) is 31.4. The molecule has 0 spiro atoms. The summed E-state index contributed by atoms with van der Waals surface area (Å²) in [6.07, 6.45) is 10.3. The minimum absolute atomic E-state index is 0.00249. The molecule has 17 nitrogen and oxygen atoms in total. The molecule has 2 heterocycles. The number of hydrogen-bond donors (Lipinski definition) is 5. The normalized spacial score (nSPS) is 35.9. The molecule has 7 rings (SSSR count). The van der Waals surface area contributed by atoms with E-state index >= 15 is 4.79 Å². The topological polar surface area (TPSA) is 219 Å². The van der Waals surface area contributed by atoms with E-state index in [9.17, 15) is 38.6 Å². The number of likely N-dealkylation sites (tertiary alicyclic amines) is 2. The van der Waals surface area contributed by atoms with Gasteiger partial charge in [-0.2, -0.15) is 0 Å². The van der Waals surface area contributed by atoms with E-state index in [0.29, 0.717) is 50.7 Å². The van der Waals surface area contributed by atoms with Crippen LogP contribution < -0.4 is 10.6 Å². The Kier molecular flexibility index (Phi) is 19.7. The van der Waals surface area contributed by atoms with Gasteiger partial charge in [0.05, 0.1) is 35.6 Å². The van der Waals surface area contributed by atoms with Gasteiger partial charge in [-0.25, -0.2) is 4.57 Å². The lowest BCUT2D eigenvalue weighted by Gasteiger charge is -2.73. The molecule has 5 saturated carbocycles. The van der Waals surface area contributed by atoms with Crippen molar-refractivity contribution in [1.82, 2.24) is 30.2 Å². The van der Waals surface area contributed by atoms with Crippen LogP contribution in [0.1, 0.15) is 187 Å². The number of phosphoric ester groups is 1. The number of nitrogens with zero attached hydrogens (tertiary/aromatic N) is 4. The van der Waals surface area contributed by atoms with Gasteiger partial charge in [0.25, 0.3) is 0 Å². The van der Waals surface area contributed by atoms with Gasteiger partial charge in [-0.15, -0.1) is 0 Å². The van der Waals surface area contributed by atoms with Crippen LogP contribution in [0.2, 0.25) is 0 Å². The number of likely N-dealkylation sites (N-methyl/N-ethyl adjacent to an activating group) is 2. The van der Waals surface area contributed by atoms with E-state index in [-0.39, 0.29) is 106 Å². The zero-order valence-electron chi connectivity index (χ0n) is 53.3. The molecule has 2 bridgehead atoms. The molecular weight excluding hydrogens is 1050 g/mol. The number of carbonyl (C=O) groups is 5. The van der Waals surface area contributed by atoms with E-state index in [1.807, 2.05) is 72.4 Å². The Morgan fingerprint density at radius 1 is 0.815 bits per heavy atom. The van der Waals surface area contributed by atoms with Crippen LogP contribution in [0, 0.1) is 85.8 Å². The number of phosphoric acid groups is 1. The van der Waals surface area contributed by atoms with Gasteiger partial charge in [0.15, 0.2) is 0 Å². The number of carbonyl (C=O) groups excluding carboxylic acids is 5. The third-order valence-corrected chi connectivity index (χ3v) is 24.9. The molecular formula is C63H111N6O11P. The number of aliphatic hydroxyl groups is 1. The molecule has 0 aromatic rings. The standard InChI is InChI=1S/C63H111N6O11P/c1-19-39(6)51(67(17)56(74)49(37(2)3)65-55(73)50(38(4)5)66(15)16)41(36-70)35-47(71)68-33-20-21-43(68)52(79-18)40(7)54(72)64-32-34-69-53-48-42-22-23-45-60(12)26-25-46(80-81(76,77)78)59(10,11)44(60)24-27-62(45,14)61(42,13)29-31-63(48,57(69)75)30-28-58(53,8)9/h37-46,48-53,70H,19-36H2,1-18H3,(H,64,72)(H,65,73)(H2,76,77,78)/t39-,40+,41-,42?,43?,44?,45?,46-,48?,49-,50-,51-,52+,53?,60-,61+,62+,63-/m0/s1. The highest BCUT2D eigenvalue weighted by Gasteiger charge is 2.75. The number of aliphatic hydroxyl groups excluding tert-OH is 1. The van der Waals surface area contributed by atoms with E-state index in [1.165, 1.54) is 0 Å². The summed E-state index contributed by atoms with van der Waals surface area (Å²) in [5.74, 6) is -0.778. The molecule has 0 aromatic carbocycles. The summed E-state index contributed by atoms with van der Waals surface area (Å²) in [5.41, 5.74) is -0.910. The number of fused-ring (bicyclic) bond motifs is 5. The van der Waals surface area contributed by atoms with Gasteiger partial charge >= 0.3 is 7.82 Å². The van der Waals surface area contributed by atoms with Crippen molar-refractivity contribution < 1.29 is 52.7 Å². The van der Waals surface area contributed by atoms with Crippen LogP contribution in [0.5, 0.6) is 0 Å². The number of hydrogen-bond acceptors (Lipinski definition) is 10. The molecule has 18 atom stereocenters. The fourth-order valence-electron chi connectivity index (χ4n) is 20.0. The van der Waals surface area contributed by atoms with Crippen molar-refractivity contribution in [1.29, 1.82) is 0 Å². The summed E-state index contributed by atoms with van der Waals surface area (Å²) in [6, 6.07) is -2.07. The molecule has 2 aliphatic heterocycles.